The van der Waals surface area contributed by atoms with Crippen LogP contribution in [-0.2, 0) is 12.8 Å². The topological polar surface area (TPSA) is 12.0 Å². The monoisotopic (exact) mass is 261 g/mol. The Hall–Kier alpha value is -0.470. The van der Waals surface area contributed by atoms with Crippen LogP contribution in [0.5, 0.6) is 0 Å². The van der Waals surface area contributed by atoms with Crippen LogP contribution in [0.4, 0.5) is 0 Å². The molecule has 2 heteroatoms. The summed E-state index contributed by atoms with van der Waals surface area (Å²) < 4.78 is 0. The lowest BCUT2D eigenvalue weighted by Crippen LogP contribution is -2.27. The lowest BCUT2D eigenvalue weighted by molar-refractivity contribution is 0.545. The fourth-order valence-electron chi connectivity index (χ4n) is 3.20. The summed E-state index contributed by atoms with van der Waals surface area (Å²) in [6, 6.07) is 7.88. The summed E-state index contributed by atoms with van der Waals surface area (Å²) in [4.78, 5) is 1.46. The van der Waals surface area contributed by atoms with Crippen LogP contribution in [-0.4, -0.2) is 18.3 Å². The first-order valence-corrected chi connectivity index (χ1v) is 8.38. The second-order valence-electron chi connectivity index (χ2n) is 5.57. The zero-order chi connectivity index (χ0) is 12.2. The molecule has 18 heavy (non-hydrogen) atoms. The Labute approximate surface area is 115 Å². The SMILES string of the molecule is c1cc2c(cc1SCCNC1CCCC1)CCC2. The van der Waals surface area contributed by atoms with E-state index in [0.29, 0.717) is 0 Å². The molecule has 0 heterocycles. The number of rotatable bonds is 5. The Bertz CT molecular complexity index is 396. The Morgan fingerprint density at radius 3 is 2.78 bits per heavy atom. The second-order valence-corrected chi connectivity index (χ2v) is 6.74. The largest absolute Gasteiger partial charge is 0.313 e. The van der Waals surface area contributed by atoms with E-state index in [2.05, 4.69) is 23.5 Å². The van der Waals surface area contributed by atoms with Crippen LogP contribution in [0.25, 0.3) is 0 Å². The number of thioether (sulfide) groups is 1. The first kappa shape index (κ1) is 12.6. The maximum absolute atomic E-state index is 3.68. The Balaban J connectivity index is 1.42. The summed E-state index contributed by atoms with van der Waals surface area (Å²) in [5.41, 5.74) is 3.19. The van der Waals surface area contributed by atoms with Gasteiger partial charge < -0.3 is 5.32 Å². The van der Waals surface area contributed by atoms with Crippen LogP contribution in [0.2, 0.25) is 0 Å². The zero-order valence-corrected chi connectivity index (χ0v) is 11.9. The van der Waals surface area contributed by atoms with E-state index in [0.717, 1.165) is 12.6 Å². The molecule has 0 saturated heterocycles. The molecule has 0 atom stereocenters. The predicted molar refractivity (Wildman–Crippen MR) is 79.4 cm³/mol. The molecule has 0 unspecified atom stereocenters. The molecule has 0 amide bonds. The van der Waals surface area contributed by atoms with Crippen molar-refractivity contribution in [2.75, 3.05) is 12.3 Å². The molecule has 0 aliphatic heterocycles. The summed E-state index contributed by atoms with van der Waals surface area (Å²) in [5, 5.41) is 3.68. The highest BCUT2D eigenvalue weighted by molar-refractivity contribution is 7.99. The van der Waals surface area contributed by atoms with Gasteiger partial charge in [-0.05, 0) is 55.4 Å². The number of fused-ring (bicyclic) bond motifs is 1. The molecule has 0 aromatic heterocycles. The van der Waals surface area contributed by atoms with Crippen molar-refractivity contribution in [2.45, 2.75) is 55.9 Å². The van der Waals surface area contributed by atoms with Crippen LogP contribution in [0.3, 0.4) is 0 Å². The van der Waals surface area contributed by atoms with Crippen molar-refractivity contribution < 1.29 is 0 Å². The molecule has 1 aromatic rings. The molecule has 1 aromatic carbocycles. The van der Waals surface area contributed by atoms with E-state index in [4.69, 9.17) is 0 Å². The molecule has 2 aliphatic rings. The number of nitrogens with one attached hydrogen (secondary N) is 1. The summed E-state index contributed by atoms with van der Waals surface area (Å²) >= 11 is 2.01. The maximum Gasteiger partial charge on any atom is 0.0106 e. The van der Waals surface area contributed by atoms with Gasteiger partial charge in [0.15, 0.2) is 0 Å². The van der Waals surface area contributed by atoms with Crippen LogP contribution < -0.4 is 5.32 Å². The average molecular weight is 261 g/mol. The minimum Gasteiger partial charge on any atom is -0.313 e. The van der Waals surface area contributed by atoms with E-state index >= 15 is 0 Å². The van der Waals surface area contributed by atoms with E-state index in [1.807, 2.05) is 11.8 Å². The fourth-order valence-corrected chi connectivity index (χ4v) is 4.05. The molecular formula is C16H23NS. The fraction of sp³-hybridized carbons (Fsp3) is 0.625. The van der Waals surface area contributed by atoms with Gasteiger partial charge in [0, 0.05) is 23.2 Å². The summed E-state index contributed by atoms with van der Waals surface area (Å²) in [6.07, 6.45) is 9.58. The molecule has 0 spiro atoms. The summed E-state index contributed by atoms with van der Waals surface area (Å²) in [6.45, 7) is 1.16. The van der Waals surface area contributed by atoms with Gasteiger partial charge in [-0.2, -0.15) is 0 Å². The van der Waals surface area contributed by atoms with Gasteiger partial charge in [0.1, 0.15) is 0 Å². The minimum absolute atomic E-state index is 0.811. The van der Waals surface area contributed by atoms with E-state index in [9.17, 15) is 0 Å². The molecule has 0 radical (unpaired) electrons. The Morgan fingerprint density at radius 1 is 1.06 bits per heavy atom. The van der Waals surface area contributed by atoms with E-state index in [1.165, 1.54) is 55.6 Å². The lowest BCUT2D eigenvalue weighted by atomic mass is 10.1. The van der Waals surface area contributed by atoms with Crippen LogP contribution in [0.1, 0.15) is 43.2 Å². The summed E-state index contributed by atoms with van der Waals surface area (Å²) in [7, 11) is 0. The second kappa shape index (κ2) is 6.12. The highest BCUT2D eigenvalue weighted by Crippen LogP contribution is 2.27. The van der Waals surface area contributed by atoms with Gasteiger partial charge in [-0.15, -0.1) is 11.8 Å². The third-order valence-electron chi connectivity index (χ3n) is 4.23. The number of hydrogen-bond acceptors (Lipinski definition) is 2. The minimum atomic E-state index is 0.811. The van der Waals surface area contributed by atoms with Crippen molar-refractivity contribution in [2.24, 2.45) is 0 Å². The lowest BCUT2D eigenvalue weighted by Gasteiger charge is -2.11. The Morgan fingerprint density at radius 2 is 1.89 bits per heavy atom. The van der Waals surface area contributed by atoms with Crippen molar-refractivity contribution in [1.29, 1.82) is 0 Å². The van der Waals surface area contributed by atoms with Gasteiger partial charge in [0.25, 0.3) is 0 Å². The van der Waals surface area contributed by atoms with Gasteiger partial charge in [-0.3, -0.25) is 0 Å². The first-order chi connectivity index (χ1) is 8.92. The molecule has 1 N–H and O–H groups in total. The molecule has 98 valence electrons. The molecule has 1 nitrogen and oxygen atoms in total. The highest BCUT2D eigenvalue weighted by atomic mass is 32.2. The number of aryl methyl sites for hydroxylation is 2. The molecule has 3 rings (SSSR count). The van der Waals surface area contributed by atoms with Crippen molar-refractivity contribution in [3.63, 3.8) is 0 Å². The maximum atomic E-state index is 3.68. The number of hydrogen-bond donors (Lipinski definition) is 1. The Kier molecular flexibility index (Phi) is 4.27. The average Bonchev–Trinajstić information content (AvgIpc) is 3.05. The molecule has 2 aliphatic carbocycles. The van der Waals surface area contributed by atoms with Crippen molar-refractivity contribution in [3.8, 4) is 0 Å². The van der Waals surface area contributed by atoms with Crippen molar-refractivity contribution >= 4 is 11.8 Å². The molecule has 1 saturated carbocycles. The zero-order valence-electron chi connectivity index (χ0n) is 11.1. The van der Waals surface area contributed by atoms with E-state index in [1.54, 1.807) is 11.1 Å². The van der Waals surface area contributed by atoms with Gasteiger partial charge in [0.2, 0.25) is 0 Å². The van der Waals surface area contributed by atoms with Crippen LogP contribution in [0, 0.1) is 0 Å². The summed E-state index contributed by atoms with van der Waals surface area (Å²) in [5.74, 6) is 1.20. The molecule has 1 fully saturated rings. The third-order valence-corrected chi connectivity index (χ3v) is 5.22. The standard InChI is InChI=1S/C16H23NS/c1-2-7-15(6-1)17-10-11-18-16-9-8-13-4-3-5-14(13)12-16/h8-9,12,15,17H,1-7,10-11H2. The van der Waals surface area contributed by atoms with Gasteiger partial charge >= 0.3 is 0 Å². The van der Waals surface area contributed by atoms with Crippen molar-refractivity contribution in [3.05, 3.63) is 29.3 Å². The quantitative estimate of drug-likeness (QED) is 0.639. The van der Waals surface area contributed by atoms with Crippen LogP contribution in [0.15, 0.2) is 23.1 Å². The van der Waals surface area contributed by atoms with E-state index in [-0.39, 0.29) is 0 Å². The van der Waals surface area contributed by atoms with E-state index < -0.39 is 0 Å². The van der Waals surface area contributed by atoms with Gasteiger partial charge in [-0.1, -0.05) is 18.9 Å². The van der Waals surface area contributed by atoms with Gasteiger partial charge in [-0.25, -0.2) is 0 Å². The third kappa shape index (κ3) is 3.10. The normalized spacial score (nSPS) is 19.3. The highest BCUT2D eigenvalue weighted by Gasteiger charge is 2.13. The van der Waals surface area contributed by atoms with Crippen molar-refractivity contribution in [1.82, 2.24) is 5.32 Å². The van der Waals surface area contributed by atoms with Crippen LogP contribution >= 0.6 is 11.8 Å². The predicted octanol–water partition coefficient (Wildman–Crippen LogP) is 3.80. The smallest absolute Gasteiger partial charge is 0.0106 e. The molecular weight excluding hydrogens is 238 g/mol. The first-order valence-electron chi connectivity index (χ1n) is 7.40. The molecule has 0 bridgehead atoms. The number of benzene rings is 1. The van der Waals surface area contributed by atoms with Gasteiger partial charge in [0.05, 0.1) is 0 Å².